The molecule has 0 aliphatic rings. The summed E-state index contributed by atoms with van der Waals surface area (Å²) >= 11 is 0. The third-order valence-electron chi connectivity index (χ3n) is 4.90. The van der Waals surface area contributed by atoms with E-state index in [4.69, 9.17) is 14.2 Å². The molecule has 2 heterocycles. The van der Waals surface area contributed by atoms with Gasteiger partial charge in [-0.3, -0.25) is 10.4 Å². The predicted octanol–water partition coefficient (Wildman–Crippen LogP) is 3.35. The van der Waals surface area contributed by atoms with Crippen LogP contribution in [-0.4, -0.2) is 68.3 Å². The SMILES string of the molecule is COCCN(CCOC)c1cc(N/N=C/c2cccc(C)c2)nc(OCCc2ccccn2)n1. The summed E-state index contributed by atoms with van der Waals surface area (Å²) in [5.74, 6) is 1.23. The maximum atomic E-state index is 5.89. The quantitative estimate of drug-likeness (QED) is 0.287. The van der Waals surface area contributed by atoms with Crippen molar-refractivity contribution in [1.82, 2.24) is 15.0 Å². The average Bonchev–Trinajstić information content (AvgIpc) is 2.85. The number of anilines is 2. The maximum Gasteiger partial charge on any atom is 0.320 e. The molecule has 3 aromatic rings. The van der Waals surface area contributed by atoms with E-state index in [2.05, 4.69) is 36.4 Å². The van der Waals surface area contributed by atoms with Gasteiger partial charge in [0.1, 0.15) is 5.82 Å². The van der Waals surface area contributed by atoms with Gasteiger partial charge >= 0.3 is 6.01 Å². The van der Waals surface area contributed by atoms with E-state index >= 15 is 0 Å². The highest BCUT2D eigenvalue weighted by Crippen LogP contribution is 2.20. The Morgan fingerprint density at radius 3 is 2.50 bits per heavy atom. The Kier molecular flexibility index (Phi) is 10.2. The Morgan fingerprint density at radius 1 is 0.971 bits per heavy atom. The van der Waals surface area contributed by atoms with E-state index < -0.39 is 0 Å². The highest BCUT2D eigenvalue weighted by Gasteiger charge is 2.13. The number of methoxy groups -OCH3 is 2. The van der Waals surface area contributed by atoms with Gasteiger partial charge in [-0.25, -0.2) is 0 Å². The molecule has 34 heavy (non-hydrogen) atoms. The van der Waals surface area contributed by atoms with Crippen LogP contribution in [0.25, 0.3) is 0 Å². The van der Waals surface area contributed by atoms with Crippen molar-refractivity contribution in [3.63, 3.8) is 0 Å². The minimum Gasteiger partial charge on any atom is -0.463 e. The summed E-state index contributed by atoms with van der Waals surface area (Å²) in [6, 6.07) is 16.0. The van der Waals surface area contributed by atoms with Crippen molar-refractivity contribution < 1.29 is 14.2 Å². The van der Waals surface area contributed by atoms with Crippen molar-refractivity contribution in [2.75, 3.05) is 57.5 Å². The van der Waals surface area contributed by atoms with Crippen molar-refractivity contribution in [3.05, 3.63) is 71.5 Å². The van der Waals surface area contributed by atoms with Crippen molar-refractivity contribution in [3.8, 4) is 6.01 Å². The lowest BCUT2D eigenvalue weighted by Crippen LogP contribution is -2.31. The van der Waals surface area contributed by atoms with Crippen molar-refractivity contribution >= 4 is 17.9 Å². The van der Waals surface area contributed by atoms with Gasteiger partial charge < -0.3 is 19.1 Å². The molecule has 0 amide bonds. The second-order valence-corrected chi connectivity index (χ2v) is 7.57. The first kappa shape index (κ1) is 25.1. The number of nitrogens with one attached hydrogen (secondary N) is 1. The number of nitrogens with zero attached hydrogens (tertiary/aromatic N) is 5. The van der Waals surface area contributed by atoms with Gasteiger partial charge in [0.15, 0.2) is 5.82 Å². The monoisotopic (exact) mass is 464 g/mol. The average molecular weight is 465 g/mol. The summed E-state index contributed by atoms with van der Waals surface area (Å²) in [6.07, 6.45) is 4.17. The van der Waals surface area contributed by atoms with E-state index in [1.54, 1.807) is 26.6 Å². The number of hydrazone groups is 1. The highest BCUT2D eigenvalue weighted by molar-refractivity contribution is 5.80. The molecule has 9 heteroatoms. The fourth-order valence-electron chi connectivity index (χ4n) is 3.16. The molecule has 1 N–H and O–H groups in total. The van der Waals surface area contributed by atoms with Crippen LogP contribution in [0.15, 0.2) is 59.8 Å². The van der Waals surface area contributed by atoms with Gasteiger partial charge in [-0.05, 0) is 24.6 Å². The van der Waals surface area contributed by atoms with Crippen LogP contribution in [0, 0.1) is 6.92 Å². The number of rotatable bonds is 14. The van der Waals surface area contributed by atoms with Crippen LogP contribution in [0.4, 0.5) is 11.6 Å². The van der Waals surface area contributed by atoms with E-state index in [0.717, 1.165) is 11.3 Å². The zero-order valence-corrected chi connectivity index (χ0v) is 20.0. The fourth-order valence-corrected chi connectivity index (χ4v) is 3.16. The van der Waals surface area contributed by atoms with E-state index in [1.165, 1.54) is 5.56 Å². The van der Waals surface area contributed by atoms with Gasteiger partial charge in [0.25, 0.3) is 0 Å². The van der Waals surface area contributed by atoms with E-state index in [-0.39, 0.29) is 6.01 Å². The molecule has 0 spiro atoms. The molecule has 0 fully saturated rings. The van der Waals surface area contributed by atoms with Crippen molar-refractivity contribution in [2.45, 2.75) is 13.3 Å². The molecular weight excluding hydrogens is 432 g/mol. The minimum atomic E-state index is 0.265. The number of hydrogen-bond donors (Lipinski definition) is 1. The molecule has 3 rings (SSSR count). The second-order valence-electron chi connectivity index (χ2n) is 7.57. The first-order valence-corrected chi connectivity index (χ1v) is 11.2. The Morgan fingerprint density at radius 2 is 1.79 bits per heavy atom. The van der Waals surface area contributed by atoms with Crippen LogP contribution in [0.2, 0.25) is 0 Å². The molecule has 0 atom stereocenters. The fraction of sp³-hybridized carbons (Fsp3) is 0.360. The van der Waals surface area contributed by atoms with E-state index in [1.807, 2.05) is 49.4 Å². The lowest BCUT2D eigenvalue weighted by Gasteiger charge is -2.23. The minimum absolute atomic E-state index is 0.265. The summed E-state index contributed by atoms with van der Waals surface area (Å²) in [4.78, 5) is 15.5. The third kappa shape index (κ3) is 8.42. The van der Waals surface area contributed by atoms with Crippen LogP contribution in [0.1, 0.15) is 16.8 Å². The topological polar surface area (TPSA) is 94.0 Å². The van der Waals surface area contributed by atoms with E-state index in [9.17, 15) is 0 Å². The predicted molar refractivity (Wildman–Crippen MR) is 134 cm³/mol. The van der Waals surface area contributed by atoms with Crippen molar-refractivity contribution in [2.24, 2.45) is 5.10 Å². The van der Waals surface area contributed by atoms with Crippen LogP contribution in [-0.2, 0) is 15.9 Å². The normalized spacial score (nSPS) is 11.0. The Bertz CT molecular complexity index is 1020. The lowest BCUT2D eigenvalue weighted by molar-refractivity contribution is 0.190. The number of ether oxygens (including phenoxy) is 3. The second kappa shape index (κ2) is 13.9. The molecule has 9 nitrogen and oxygen atoms in total. The lowest BCUT2D eigenvalue weighted by atomic mass is 10.2. The molecule has 2 aromatic heterocycles. The highest BCUT2D eigenvalue weighted by atomic mass is 16.5. The largest absolute Gasteiger partial charge is 0.463 e. The Balaban J connectivity index is 1.77. The molecule has 0 radical (unpaired) electrons. The summed E-state index contributed by atoms with van der Waals surface area (Å²) in [5.41, 5.74) is 6.12. The zero-order chi connectivity index (χ0) is 24.0. The summed E-state index contributed by atoms with van der Waals surface area (Å²) < 4.78 is 16.4. The molecular formula is C25H32N6O3. The van der Waals surface area contributed by atoms with E-state index in [0.29, 0.717) is 51.0 Å². The smallest absolute Gasteiger partial charge is 0.320 e. The van der Waals surface area contributed by atoms with Gasteiger partial charge in [-0.1, -0.05) is 35.9 Å². The molecule has 0 bridgehead atoms. The number of hydrogen-bond acceptors (Lipinski definition) is 9. The summed E-state index contributed by atoms with van der Waals surface area (Å²) in [5, 5.41) is 4.35. The molecule has 0 aliphatic carbocycles. The molecule has 180 valence electrons. The van der Waals surface area contributed by atoms with Crippen LogP contribution < -0.4 is 15.1 Å². The van der Waals surface area contributed by atoms with Gasteiger partial charge in [0.05, 0.1) is 26.0 Å². The Hall–Kier alpha value is -3.56. The van der Waals surface area contributed by atoms with Gasteiger partial charge in [0.2, 0.25) is 0 Å². The molecule has 1 aromatic carbocycles. The number of aromatic nitrogens is 3. The molecule has 0 saturated heterocycles. The molecule has 0 aliphatic heterocycles. The van der Waals surface area contributed by atoms with Crippen molar-refractivity contribution in [1.29, 1.82) is 0 Å². The van der Waals surface area contributed by atoms with Crippen LogP contribution in [0.5, 0.6) is 6.01 Å². The molecule has 0 unspecified atom stereocenters. The standard InChI is InChI=1S/C25H32N6O3/c1-20-7-6-8-21(17-20)19-27-30-23-18-24(31(12-15-32-2)13-16-33-3)29-25(28-23)34-14-10-22-9-4-5-11-26-22/h4-9,11,17-19H,10,12-16H2,1-3H3,(H,28,29,30)/b27-19+. The van der Waals surface area contributed by atoms with Gasteiger partial charge in [-0.15, -0.1) is 0 Å². The first-order chi connectivity index (χ1) is 16.7. The Labute approximate surface area is 200 Å². The number of pyridine rings is 1. The number of benzene rings is 1. The zero-order valence-electron chi connectivity index (χ0n) is 20.0. The van der Waals surface area contributed by atoms with Gasteiger partial charge in [-0.2, -0.15) is 15.1 Å². The summed E-state index contributed by atoms with van der Waals surface area (Å²) in [6.45, 7) is 4.86. The summed E-state index contributed by atoms with van der Waals surface area (Å²) in [7, 11) is 3.35. The maximum absolute atomic E-state index is 5.89. The molecule has 0 saturated carbocycles. The third-order valence-corrected chi connectivity index (χ3v) is 4.90. The van der Waals surface area contributed by atoms with Crippen LogP contribution in [0.3, 0.4) is 0 Å². The first-order valence-electron chi connectivity index (χ1n) is 11.2. The number of aryl methyl sites for hydroxylation is 1. The van der Waals surface area contributed by atoms with Gasteiger partial charge in [0, 0.05) is 51.7 Å². The van der Waals surface area contributed by atoms with Crippen LogP contribution >= 0.6 is 0 Å².